The van der Waals surface area contributed by atoms with Gasteiger partial charge in [0.15, 0.2) is 11.5 Å². The van der Waals surface area contributed by atoms with Crippen molar-refractivity contribution in [1.82, 2.24) is 14.5 Å². The molecule has 0 fully saturated rings. The number of nitrogens with one attached hydrogen (secondary N) is 1. The minimum Gasteiger partial charge on any atom is -0.493 e. The number of fused-ring (bicyclic) bond motifs is 1. The summed E-state index contributed by atoms with van der Waals surface area (Å²) in [7, 11) is 2.91. The largest absolute Gasteiger partial charge is 0.493 e. The lowest BCUT2D eigenvalue weighted by molar-refractivity contribution is 0.0939. The van der Waals surface area contributed by atoms with Gasteiger partial charge in [0.25, 0.3) is 11.5 Å². The molecular formula is C29H30FN3O5. The van der Waals surface area contributed by atoms with Gasteiger partial charge in [0, 0.05) is 23.2 Å². The zero-order valence-electron chi connectivity index (χ0n) is 21.8. The van der Waals surface area contributed by atoms with Crippen LogP contribution in [0.25, 0.3) is 10.9 Å². The molecule has 0 aliphatic rings. The number of ether oxygens (including phenoxy) is 2. The minimum absolute atomic E-state index is 0.0352. The van der Waals surface area contributed by atoms with E-state index in [0.717, 1.165) is 11.0 Å². The summed E-state index contributed by atoms with van der Waals surface area (Å²) >= 11 is 0. The summed E-state index contributed by atoms with van der Waals surface area (Å²) in [6.07, 6.45) is 0.810. The smallest absolute Gasteiger partial charge is 0.332 e. The molecule has 0 aliphatic heterocycles. The molecule has 0 spiro atoms. The number of hydrogen-bond donors (Lipinski definition) is 1. The van der Waals surface area contributed by atoms with Crippen molar-refractivity contribution in [2.24, 2.45) is 0 Å². The molecule has 1 atom stereocenters. The van der Waals surface area contributed by atoms with Crippen molar-refractivity contribution in [2.45, 2.75) is 39.4 Å². The molecule has 1 N–H and O–H groups in total. The van der Waals surface area contributed by atoms with Gasteiger partial charge in [0.1, 0.15) is 5.82 Å². The van der Waals surface area contributed by atoms with Crippen LogP contribution >= 0.6 is 0 Å². The van der Waals surface area contributed by atoms with E-state index in [4.69, 9.17) is 9.47 Å². The van der Waals surface area contributed by atoms with Gasteiger partial charge in [-0.05, 0) is 43.2 Å². The molecule has 3 aromatic carbocycles. The molecule has 9 heteroatoms. The summed E-state index contributed by atoms with van der Waals surface area (Å²) in [6, 6.07) is 16.0. The number of benzene rings is 3. The van der Waals surface area contributed by atoms with E-state index in [9.17, 15) is 18.8 Å². The molecule has 4 aromatic rings. The van der Waals surface area contributed by atoms with Crippen LogP contribution in [0.15, 0.2) is 70.3 Å². The van der Waals surface area contributed by atoms with Crippen molar-refractivity contribution < 1.29 is 18.7 Å². The molecule has 0 saturated carbocycles. The van der Waals surface area contributed by atoms with Gasteiger partial charge >= 0.3 is 5.69 Å². The van der Waals surface area contributed by atoms with Crippen molar-refractivity contribution >= 4 is 16.8 Å². The summed E-state index contributed by atoms with van der Waals surface area (Å²) in [5.74, 6) is 0.0144. The first-order valence-electron chi connectivity index (χ1n) is 12.3. The summed E-state index contributed by atoms with van der Waals surface area (Å²) in [5.41, 5.74) is 0.614. The molecule has 0 radical (unpaired) electrons. The highest BCUT2D eigenvalue weighted by Crippen LogP contribution is 2.30. The van der Waals surface area contributed by atoms with Crippen LogP contribution in [0, 0.1) is 5.82 Å². The number of nitrogens with zero attached hydrogens (tertiary/aromatic N) is 2. The van der Waals surface area contributed by atoms with E-state index in [2.05, 4.69) is 5.32 Å². The van der Waals surface area contributed by atoms with Crippen molar-refractivity contribution in [2.75, 3.05) is 14.2 Å². The Labute approximate surface area is 219 Å². The first-order valence-corrected chi connectivity index (χ1v) is 12.3. The Kier molecular flexibility index (Phi) is 7.95. The third-order valence-corrected chi connectivity index (χ3v) is 6.56. The van der Waals surface area contributed by atoms with Gasteiger partial charge < -0.3 is 14.8 Å². The van der Waals surface area contributed by atoms with Crippen LogP contribution in [-0.2, 0) is 13.1 Å². The van der Waals surface area contributed by atoms with Gasteiger partial charge in [0.2, 0.25) is 0 Å². The quantitative estimate of drug-likeness (QED) is 0.362. The molecule has 1 aromatic heterocycles. The maximum atomic E-state index is 14.5. The van der Waals surface area contributed by atoms with Crippen LogP contribution < -0.4 is 26.0 Å². The van der Waals surface area contributed by atoms with Crippen LogP contribution in [0.3, 0.4) is 0 Å². The van der Waals surface area contributed by atoms with E-state index >= 15 is 0 Å². The highest BCUT2D eigenvalue weighted by molar-refractivity contribution is 5.94. The van der Waals surface area contributed by atoms with Gasteiger partial charge in [0.05, 0.1) is 38.2 Å². The van der Waals surface area contributed by atoms with Crippen LogP contribution in [0.1, 0.15) is 41.8 Å². The SMILES string of the molecule is CC[C@H](C)NC(=O)c1ccc(Cn2c(=O)c3cc(OC)c(OC)cc3n(Cc3ccccc3F)c2=O)cc1. The highest BCUT2D eigenvalue weighted by Gasteiger charge is 2.19. The predicted molar refractivity (Wildman–Crippen MR) is 144 cm³/mol. The summed E-state index contributed by atoms with van der Waals surface area (Å²) < 4.78 is 27.8. The van der Waals surface area contributed by atoms with Crippen LogP contribution in [-0.4, -0.2) is 35.3 Å². The van der Waals surface area contributed by atoms with Crippen LogP contribution in [0.4, 0.5) is 4.39 Å². The van der Waals surface area contributed by atoms with Crippen LogP contribution in [0.2, 0.25) is 0 Å². The first-order chi connectivity index (χ1) is 18.3. The van der Waals surface area contributed by atoms with Gasteiger partial charge in [-0.2, -0.15) is 0 Å². The van der Waals surface area contributed by atoms with Crippen molar-refractivity contribution in [3.05, 3.63) is 104 Å². The molecule has 38 heavy (non-hydrogen) atoms. The lowest BCUT2D eigenvalue weighted by atomic mass is 10.1. The predicted octanol–water partition coefficient (Wildman–Crippen LogP) is 3.94. The molecule has 8 nitrogen and oxygen atoms in total. The molecule has 198 valence electrons. The van der Waals surface area contributed by atoms with E-state index in [1.807, 2.05) is 13.8 Å². The average Bonchev–Trinajstić information content (AvgIpc) is 2.93. The van der Waals surface area contributed by atoms with E-state index in [-0.39, 0.29) is 30.4 Å². The zero-order valence-corrected chi connectivity index (χ0v) is 21.8. The first kappa shape index (κ1) is 26.7. The Morgan fingerprint density at radius 3 is 2.24 bits per heavy atom. The van der Waals surface area contributed by atoms with Gasteiger partial charge in [-0.3, -0.25) is 18.7 Å². The third-order valence-electron chi connectivity index (χ3n) is 6.56. The second-order valence-electron chi connectivity index (χ2n) is 9.06. The summed E-state index contributed by atoms with van der Waals surface area (Å²) in [4.78, 5) is 39.6. The maximum absolute atomic E-state index is 14.5. The second-order valence-corrected chi connectivity index (χ2v) is 9.06. The lowest BCUT2D eigenvalue weighted by Crippen LogP contribution is -2.40. The summed E-state index contributed by atoms with van der Waals surface area (Å²) in [5, 5.41) is 3.13. The van der Waals surface area contributed by atoms with Crippen LogP contribution in [0.5, 0.6) is 11.5 Å². The van der Waals surface area contributed by atoms with E-state index < -0.39 is 17.1 Å². The fourth-order valence-corrected chi connectivity index (χ4v) is 4.19. The lowest BCUT2D eigenvalue weighted by Gasteiger charge is -2.17. The number of hydrogen-bond acceptors (Lipinski definition) is 5. The summed E-state index contributed by atoms with van der Waals surface area (Å²) in [6.45, 7) is 3.79. The topological polar surface area (TPSA) is 91.6 Å². The number of methoxy groups -OCH3 is 2. The molecular weight excluding hydrogens is 489 g/mol. The number of amides is 1. The number of carbonyl (C=O) groups excluding carboxylic acids is 1. The minimum atomic E-state index is -0.600. The fourth-order valence-electron chi connectivity index (χ4n) is 4.19. The van der Waals surface area contributed by atoms with E-state index in [0.29, 0.717) is 33.7 Å². The van der Waals surface area contributed by atoms with Crippen molar-refractivity contribution in [3.63, 3.8) is 0 Å². The van der Waals surface area contributed by atoms with Crippen molar-refractivity contribution in [1.29, 1.82) is 0 Å². The molecule has 0 unspecified atom stereocenters. The highest BCUT2D eigenvalue weighted by atomic mass is 19.1. The third kappa shape index (κ3) is 5.32. The number of rotatable bonds is 9. The average molecular weight is 520 g/mol. The fraction of sp³-hybridized carbons (Fsp3) is 0.276. The zero-order chi connectivity index (χ0) is 27.4. The Morgan fingerprint density at radius 2 is 1.61 bits per heavy atom. The van der Waals surface area contributed by atoms with E-state index in [1.165, 1.54) is 30.9 Å². The Bertz CT molecular complexity index is 1590. The molecule has 4 rings (SSSR count). The molecule has 1 amide bonds. The Hall–Kier alpha value is -4.40. The molecule has 0 aliphatic carbocycles. The Morgan fingerprint density at radius 1 is 0.947 bits per heavy atom. The Balaban J connectivity index is 1.82. The standard InChI is InChI=1S/C29H30FN3O5/c1-5-18(2)31-27(34)20-12-10-19(11-13-20)16-33-28(35)22-14-25(37-3)26(38-4)15-24(22)32(29(33)36)17-21-8-6-7-9-23(21)30/h6-15,18H,5,16-17H2,1-4H3,(H,31,34)/t18-/m0/s1. The van der Waals surface area contributed by atoms with E-state index in [1.54, 1.807) is 48.5 Å². The normalized spacial score (nSPS) is 11.8. The van der Waals surface area contributed by atoms with Gasteiger partial charge in [-0.1, -0.05) is 37.3 Å². The number of aromatic nitrogens is 2. The maximum Gasteiger partial charge on any atom is 0.332 e. The van der Waals surface area contributed by atoms with Gasteiger partial charge in [-0.15, -0.1) is 0 Å². The molecule has 1 heterocycles. The van der Waals surface area contributed by atoms with Crippen molar-refractivity contribution in [3.8, 4) is 11.5 Å². The molecule has 0 saturated heterocycles. The number of halogens is 1. The van der Waals surface area contributed by atoms with Gasteiger partial charge in [-0.25, -0.2) is 9.18 Å². The molecule has 0 bridgehead atoms. The second kappa shape index (κ2) is 11.3. The number of carbonyl (C=O) groups is 1. The monoisotopic (exact) mass is 519 g/mol.